The van der Waals surface area contributed by atoms with Crippen molar-refractivity contribution < 1.29 is 0 Å². The zero-order valence-corrected chi connectivity index (χ0v) is 30.3. The Kier molecular flexibility index (Phi) is 8.10. The number of benzene rings is 7. The number of hydrogen-bond acceptors (Lipinski definition) is 2. The highest BCUT2D eigenvalue weighted by atomic mass is 14.9. The zero-order chi connectivity index (χ0) is 35.9. The molecule has 1 aromatic heterocycles. The van der Waals surface area contributed by atoms with Gasteiger partial charge in [-0.15, -0.1) is 0 Å². The summed E-state index contributed by atoms with van der Waals surface area (Å²) in [6.07, 6.45) is 6.49. The van der Waals surface area contributed by atoms with E-state index in [1.54, 1.807) is 5.56 Å². The quantitative estimate of drug-likeness (QED) is 0.173. The SMILES string of the molecule is c1ccc(-c2ccc(-c3cc(-c4ccccc4)nc(-c4cccc(-c5ccc(-c6ccc7c(c6)-c6ccccc6C76CCCCC6)cc5)c4)n3)cc2)cc1. The summed E-state index contributed by atoms with van der Waals surface area (Å²) >= 11 is 0. The summed E-state index contributed by atoms with van der Waals surface area (Å²) in [5.74, 6) is 0.714. The lowest BCUT2D eigenvalue weighted by molar-refractivity contribution is 0.353. The predicted octanol–water partition coefficient (Wildman–Crippen LogP) is 13.7. The van der Waals surface area contributed by atoms with Crippen LogP contribution in [0.4, 0.5) is 0 Å². The van der Waals surface area contributed by atoms with E-state index >= 15 is 0 Å². The fourth-order valence-corrected chi connectivity index (χ4v) is 8.98. The van der Waals surface area contributed by atoms with Crippen LogP contribution >= 0.6 is 0 Å². The van der Waals surface area contributed by atoms with Crippen molar-refractivity contribution in [2.24, 2.45) is 0 Å². The summed E-state index contributed by atoms with van der Waals surface area (Å²) in [4.78, 5) is 10.3. The molecule has 0 bridgehead atoms. The minimum Gasteiger partial charge on any atom is -0.228 e. The number of rotatable bonds is 6. The average Bonchev–Trinajstić information content (AvgIpc) is 3.52. The van der Waals surface area contributed by atoms with Crippen LogP contribution in [0.3, 0.4) is 0 Å². The average molecular weight is 693 g/mol. The van der Waals surface area contributed by atoms with Crippen LogP contribution in [-0.4, -0.2) is 9.97 Å². The summed E-state index contributed by atoms with van der Waals surface area (Å²) in [7, 11) is 0. The summed E-state index contributed by atoms with van der Waals surface area (Å²) in [5.41, 5.74) is 18.3. The molecule has 0 unspecified atom stereocenters. The minimum atomic E-state index is 0.190. The fraction of sp³-hybridized carbons (Fsp3) is 0.115. The maximum Gasteiger partial charge on any atom is 0.160 e. The van der Waals surface area contributed by atoms with Crippen molar-refractivity contribution in [1.29, 1.82) is 0 Å². The van der Waals surface area contributed by atoms with Gasteiger partial charge in [-0.3, -0.25) is 0 Å². The predicted molar refractivity (Wildman–Crippen MR) is 224 cm³/mol. The highest BCUT2D eigenvalue weighted by Gasteiger charge is 2.43. The summed E-state index contributed by atoms with van der Waals surface area (Å²) in [5, 5.41) is 0. The first kappa shape index (κ1) is 32.3. The van der Waals surface area contributed by atoms with Gasteiger partial charge >= 0.3 is 0 Å². The van der Waals surface area contributed by atoms with Crippen molar-refractivity contribution in [3.63, 3.8) is 0 Å². The maximum atomic E-state index is 5.16. The van der Waals surface area contributed by atoms with Gasteiger partial charge in [-0.1, -0.05) is 183 Å². The number of aromatic nitrogens is 2. The molecule has 2 nitrogen and oxygen atoms in total. The Bertz CT molecular complexity index is 2600. The Morgan fingerprint density at radius 3 is 1.46 bits per heavy atom. The molecule has 0 atom stereocenters. The second kappa shape index (κ2) is 13.5. The molecule has 0 aliphatic heterocycles. The number of hydrogen-bond donors (Lipinski definition) is 0. The Labute approximate surface area is 317 Å². The van der Waals surface area contributed by atoms with Crippen molar-refractivity contribution in [1.82, 2.24) is 9.97 Å². The van der Waals surface area contributed by atoms with Gasteiger partial charge in [0.05, 0.1) is 11.4 Å². The molecule has 7 aromatic carbocycles. The molecule has 1 saturated carbocycles. The van der Waals surface area contributed by atoms with Crippen LogP contribution in [0.25, 0.3) is 78.4 Å². The largest absolute Gasteiger partial charge is 0.228 e. The lowest BCUT2D eigenvalue weighted by Gasteiger charge is -2.36. The van der Waals surface area contributed by atoms with Gasteiger partial charge in [0.2, 0.25) is 0 Å². The van der Waals surface area contributed by atoms with Gasteiger partial charge in [0.1, 0.15) is 0 Å². The Morgan fingerprint density at radius 1 is 0.315 bits per heavy atom. The van der Waals surface area contributed by atoms with E-state index < -0.39 is 0 Å². The zero-order valence-electron chi connectivity index (χ0n) is 30.3. The molecule has 2 aliphatic carbocycles. The molecule has 1 spiro atoms. The van der Waals surface area contributed by atoms with Gasteiger partial charge < -0.3 is 0 Å². The van der Waals surface area contributed by atoms with E-state index in [0.717, 1.165) is 33.6 Å². The number of fused-ring (bicyclic) bond motifs is 5. The van der Waals surface area contributed by atoms with Crippen LogP contribution in [0, 0.1) is 0 Å². The van der Waals surface area contributed by atoms with Gasteiger partial charge in [0.25, 0.3) is 0 Å². The molecule has 2 aliphatic rings. The Morgan fingerprint density at radius 2 is 0.778 bits per heavy atom. The first-order valence-corrected chi connectivity index (χ1v) is 19.3. The first-order valence-electron chi connectivity index (χ1n) is 19.3. The van der Waals surface area contributed by atoms with E-state index in [1.165, 1.54) is 76.6 Å². The van der Waals surface area contributed by atoms with Crippen molar-refractivity contribution in [3.05, 3.63) is 193 Å². The molecule has 1 fully saturated rings. The van der Waals surface area contributed by atoms with Crippen molar-refractivity contribution in [2.45, 2.75) is 37.5 Å². The molecule has 0 N–H and O–H groups in total. The van der Waals surface area contributed by atoms with E-state index in [-0.39, 0.29) is 5.41 Å². The molecule has 8 aromatic rings. The van der Waals surface area contributed by atoms with E-state index in [0.29, 0.717) is 5.82 Å². The molecule has 258 valence electrons. The molecule has 0 radical (unpaired) electrons. The van der Waals surface area contributed by atoms with Gasteiger partial charge in [-0.2, -0.15) is 0 Å². The van der Waals surface area contributed by atoms with Crippen LogP contribution in [0.1, 0.15) is 43.2 Å². The topological polar surface area (TPSA) is 25.8 Å². The summed E-state index contributed by atoms with van der Waals surface area (Å²) < 4.78 is 0. The van der Waals surface area contributed by atoms with Crippen molar-refractivity contribution >= 4 is 0 Å². The van der Waals surface area contributed by atoms with E-state index in [1.807, 2.05) is 6.07 Å². The second-order valence-corrected chi connectivity index (χ2v) is 14.9. The molecule has 2 heteroatoms. The van der Waals surface area contributed by atoms with Crippen LogP contribution < -0.4 is 0 Å². The summed E-state index contributed by atoms with van der Waals surface area (Å²) in [6.45, 7) is 0. The smallest absolute Gasteiger partial charge is 0.160 e. The summed E-state index contributed by atoms with van der Waals surface area (Å²) in [6, 6.07) is 65.7. The Balaban J connectivity index is 0.975. The monoisotopic (exact) mass is 692 g/mol. The van der Waals surface area contributed by atoms with Crippen molar-refractivity contribution in [2.75, 3.05) is 0 Å². The Hall–Kier alpha value is -6.38. The molecular weight excluding hydrogens is 653 g/mol. The maximum absolute atomic E-state index is 5.16. The van der Waals surface area contributed by atoms with Crippen LogP contribution in [0.2, 0.25) is 0 Å². The standard InChI is InChI=1S/C52H40N2/c1-4-13-36(14-5-1)37-25-27-41(28-26-37)50-35-49(40-15-6-2-7-16-40)53-51(54-50)44-18-12-17-42(33-44)38-21-23-39(24-22-38)43-29-30-48-46(34-43)45-19-8-9-20-47(45)52(48)31-10-3-11-32-52/h1-2,4-9,12-30,33-35H,3,10-11,31-32H2. The molecule has 0 saturated heterocycles. The molecular formula is C52H40N2. The molecule has 0 amide bonds. The highest BCUT2D eigenvalue weighted by molar-refractivity contribution is 5.85. The van der Waals surface area contributed by atoms with E-state index in [9.17, 15) is 0 Å². The molecule has 10 rings (SSSR count). The third-order valence-electron chi connectivity index (χ3n) is 11.7. The lowest BCUT2D eigenvalue weighted by Crippen LogP contribution is -2.27. The van der Waals surface area contributed by atoms with E-state index in [2.05, 4.69) is 176 Å². The number of nitrogens with zero attached hydrogens (tertiary/aromatic N) is 2. The van der Waals surface area contributed by atoms with Crippen molar-refractivity contribution in [3.8, 4) is 78.4 Å². The highest BCUT2D eigenvalue weighted by Crippen LogP contribution is 2.56. The fourth-order valence-electron chi connectivity index (χ4n) is 8.98. The van der Waals surface area contributed by atoms with Crippen LogP contribution in [-0.2, 0) is 5.41 Å². The van der Waals surface area contributed by atoms with Crippen LogP contribution in [0.15, 0.2) is 182 Å². The molecule has 54 heavy (non-hydrogen) atoms. The first-order chi connectivity index (χ1) is 26.7. The minimum absolute atomic E-state index is 0.190. The lowest BCUT2D eigenvalue weighted by atomic mass is 9.68. The van der Waals surface area contributed by atoms with Gasteiger partial charge in [-0.05, 0) is 86.7 Å². The normalized spacial score (nSPS) is 14.1. The third-order valence-corrected chi connectivity index (χ3v) is 11.7. The van der Waals surface area contributed by atoms with Gasteiger partial charge in [-0.25, -0.2) is 9.97 Å². The second-order valence-electron chi connectivity index (χ2n) is 14.9. The van der Waals surface area contributed by atoms with Gasteiger partial charge in [0, 0.05) is 22.1 Å². The van der Waals surface area contributed by atoms with Gasteiger partial charge in [0.15, 0.2) is 5.82 Å². The van der Waals surface area contributed by atoms with E-state index in [4.69, 9.17) is 9.97 Å². The third kappa shape index (κ3) is 5.76. The van der Waals surface area contributed by atoms with Crippen LogP contribution in [0.5, 0.6) is 0 Å². The molecule has 1 heterocycles.